The number of carbonyl (C=O) groups excluding carboxylic acids is 1. The molecule has 25 heavy (non-hydrogen) atoms. The van der Waals surface area contributed by atoms with Crippen LogP contribution in [0.5, 0.6) is 0 Å². The van der Waals surface area contributed by atoms with E-state index in [0.717, 1.165) is 30.8 Å². The van der Waals surface area contributed by atoms with Crippen LogP contribution in [0.4, 0.5) is 0 Å². The molecule has 0 atom stereocenters. The van der Waals surface area contributed by atoms with Crippen molar-refractivity contribution in [3.63, 3.8) is 0 Å². The van der Waals surface area contributed by atoms with Gasteiger partial charge in [-0.25, -0.2) is 4.98 Å². The van der Waals surface area contributed by atoms with Crippen molar-refractivity contribution in [1.82, 2.24) is 19.4 Å². The van der Waals surface area contributed by atoms with Crippen molar-refractivity contribution in [3.8, 4) is 0 Å². The van der Waals surface area contributed by atoms with Crippen LogP contribution >= 0.6 is 0 Å². The van der Waals surface area contributed by atoms with Gasteiger partial charge in [-0.15, -0.1) is 0 Å². The quantitative estimate of drug-likeness (QED) is 0.813. The van der Waals surface area contributed by atoms with Crippen molar-refractivity contribution in [2.45, 2.75) is 44.8 Å². The molecule has 1 aliphatic heterocycles. The molecular weight excluding hydrogens is 312 g/mol. The van der Waals surface area contributed by atoms with E-state index in [2.05, 4.69) is 22.0 Å². The van der Waals surface area contributed by atoms with Crippen molar-refractivity contribution in [3.05, 3.63) is 53.6 Å². The molecule has 0 N–H and O–H groups in total. The van der Waals surface area contributed by atoms with Crippen LogP contribution in [0.15, 0.2) is 36.7 Å². The maximum atomic E-state index is 13.1. The third-order valence-electron chi connectivity index (χ3n) is 5.26. The second-order valence-electron chi connectivity index (χ2n) is 7.30. The molecule has 2 aromatic rings. The molecular formula is C20H26N4O. The van der Waals surface area contributed by atoms with Gasteiger partial charge in [-0.2, -0.15) is 0 Å². The maximum Gasteiger partial charge on any atom is 0.254 e. The number of nitrogens with zero attached hydrogens (tertiary/aromatic N) is 4. The predicted molar refractivity (Wildman–Crippen MR) is 97.1 cm³/mol. The van der Waals surface area contributed by atoms with E-state index in [4.69, 9.17) is 0 Å². The van der Waals surface area contributed by atoms with Crippen LogP contribution in [0.2, 0.25) is 0 Å². The van der Waals surface area contributed by atoms with E-state index in [1.54, 1.807) is 6.20 Å². The Labute approximate surface area is 149 Å². The average molecular weight is 338 g/mol. The summed E-state index contributed by atoms with van der Waals surface area (Å²) < 4.78 is 1.99. The fourth-order valence-electron chi connectivity index (χ4n) is 3.62. The standard InChI is InChI=1S/C20H26N4O/c1-22-12-9-21-19(22)15-24(18-7-8-18)20(25)17-6-4-5-16(13-17)14-23-10-2-3-11-23/h4-6,9,12-13,18H,2-3,7-8,10-11,14-15H2,1H3. The van der Waals surface area contributed by atoms with Gasteiger partial charge in [0.2, 0.25) is 0 Å². The fraction of sp³-hybridized carbons (Fsp3) is 0.500. The molecule has 1 saturated carbocycles. The van der Waals surface area contributed by atoms with Gasteiger partial charge >= 0.3 is 0 Å². The van der Waals surface area contributed by atoms with E-state index in [9.17, 15) is 4.79 Å². The fourth-order valence-corrected chi connectivity index (χ4v) is 3.62. The van der Waals surface area contributed by atoms with Crippen LogP contribution < -0.4 is 0 Å². The Hall–Kier alpha value is -2.14. The summed E-state index contributed by atoms with van der Waals surface area (Å²) in [5.74, 6) is 1.07. The Kier molecular flexibility index (Phi) is 4.57. The molecule has 0 spiro atoms. The minimum absolute atomic E-state index is 0.133. The normalized spacial score (nSPS) is 17.8. The van der Waals surface area contributed by atoms with Gasteiger partial charge < -0.3 is 9.47 Å². The van der Waals surface area contributed by atoms with Crippen molar-refractivity contribution in [2.75, 3.05) is 13.1 Å². The Morgan fingerprint density at radius 3 is 2.76 bits per heavy atom. The molecule has 0 unspecified atom stereocenters. The Morgan fingerprint density at radius 1 is 1.28 bits per heavy atom. The van der Waals surface area contributed by atoms with Crippen LogP contribution in [0.25, 0.3) is 0 Å². The minimum Gasteiger partial charge on any atom is -0.337 e. The van der Waals surface area contributed by atoms with Crippen LogP contribution in [-0.4, -0.2) is 44.4 Å². The molecule has 5 heteroatoms. The van der Waals surface area contributed by atoms with Gasteiger partial charge in [-0.1, -0.05) is 12.1 Å². The molecule has 2 aliphatic rings. The predicted octanol–water partition coefficient (Wildman–Crippen LogP) is 2.82. The lowest BCUT2D eigenvalue weighted by molar-refractivity contribution is 0.0724. The van der Waals surface area contributed by atoms with E-state index in [-0.39, 0.29) is 5.91 Å². The number of imidazole rings is 1. The van der Waals surface area contributed by atoms with Gasteiger partial charge in [0.25, 0.3) is 5.91 Å². The third kappa shape index (κ3) is 3.76. The van der Waals surface area contributed by atoms with Crippen molar-refractivity contribution in [2.24, 2.45) is 7.05 Å². The highest BCUT2D eigenvalue weighted by Gasteiger charge is 2.33. The minimum atomic E-state index is 0.133. The van der Waals surface area contributed by atoms with Crippen LogP contribution in [-0.2, 0) is 20.1 Å². The smallest absolute Gasteiger partial charge is 0.254 e. The maximum absolute atomic E-state index is 13.1. The average Bonchev–Trinajstić information content (AvgIpc) is 3.18. The summed E-state index contributed by atoms with van der Waals surface area (Å²) in [5.41, 5.74) is 2.04. The number of carbonyl (C=O) groups is 1. The lowest BCUT2D eigenvalue weighted by atomic mass is 10.1. The molecule has 4 rings (SSSR count). The molecule has 1 aromatic carbocycles. The van der Waals surface area contributed by atoms with E-state index in [1.165, 1.54) is 31.5 Å². The van der Waals surface area contributed by atoms with Gasteiger partial charge in [0, 0.05) is 37.6 Å². The topological polar surface area (TPSA) is 41.4 Å². The molecule has 1 amide bonds. The van der Waals surface area contributed by atoms with Crippen molar-refractivity contribution < 1.29 is 4.79 Å². The number of hydrogen-bond donors (Lipinski definition) is 0. The Morgan fingerprint density at radius 2 is 2.08 bits per heavy atom. The first-order chi connectivity index (χ1) is 12.2. The largest absolute Gasteiger partial charge is 0.337 e. The SMILES string of the molecule is Cn1ccnc1CN(C(=O)c1cccc(CN2CCCC2)c1)C1CC1. The van der Waals surface area contributed by atoms with E-state index in [0.29, 0.717) is 12.6 Å². The molecule has 1 saturated heterocycles. The highest BCUT2D eigenvalue weighted by molar-refractivity contribution is 5.94. The summed E-state index contributed by atoms with van der Waals surface area (Å²) in [6.07, 6.45) is 8.51. The number of aryl methyl sites for hydroxylation is 1. The van der Waals surface area contributed by atoms with Crippen LogP contribution in [0.1, 0.15) is 47.4 Å². The number of benzene rings is 1. The van der Waals surface area contributed by atoms with Crippen LogP contribution in [0, 0.1) is 0 Å². The van der Waals surface area contributed by atoms with Gasteiger partial charge in [0.05, 0.1) is 6.54 Å². The second kappa shape index (κ2) is 7.00. The summed E-state index contributed by atoms with van der Waals surface area (Å²) in [7, 11) is 1.98. The van der Waals surface area contributed by atoms with Gasteiger partial charge in [-0.05, 0) is 56.5 Å². The Bertz CT molecular complexity index is 744. The molecule has 0 radical (unpaired) electrons. The van der Waals surface area contributed by atoms with Crippen molar-refractivity contribution >= 4 is 5.91 Å². The number of hydrogen-bond acceptors (Lipinski definition) is 3. The zero-order chi connectivity index (χ0) is 17.2. The summed E-state index contributed by atoms with van der Waals surface area (Å²) in [6.45, 7) is 3.88. The highest BCUT2D eigenvalue weighted by Crippen LogP contribution is 2.29. The molecule has 1 aromatic heterocycles. The summed E-state index contributed by atoms with van der Waals surface area (Å²) in [5, 5.41) is 0. The second-order valence-corrected chi connectivity index (χ2v) is 7.30. The molecule has 1 aliphatic carbocycles. The first-order valence-corrected chi connectivity index (χ1v) is 9.29. The third-order valence-corrected chi connectivity index (χ3v) is 5.26. The first kappa shape index (κ1) is 16.3. The van der Waals surface area contributed by atoms with Gasteiger partial charge in [-0.3, -0.25) is 9.69 Å². The summed E-state index contributed by atoms with van der Waals surface area (Å²) in [6, 6.07) is 8.55. The summed E-state index contributed by atoms with van der Waals surface area (Å²) in [4.78, 5) is 22.0. The lowest BCUT2D eigenvalue weighted by Crippen LogP contribution is -2.33. The molecule has 2 heterocycles. The monoisotopic (exact) mass is 338 g/mol. The Balaban J connectivity index is 1.50. The van der Waals surface area contributed by atoms with E-state index >= 15 is 0 Å². The van der Waals surface area contributed by atoms with Crippen LogP contribution in [0.3, 0.4) is 0 Å². The van der Waals surface area contributed by atoms with Gasteiger partial charge in [0.1, 0.15) is 5.82 Å². The first-order valence-electron chi connectivity index (χ1n) is 9.29. The molecule has 0 bridgehead atoms. The zero-order valence-corrected chi connectivity index (χ0v) is 14.9. The zero-order valence-electron chi connectivity index (χ0n) is 14.9. The summed E-state index contributed by atoms with van der Waals surface area (Å²) >= 11 is 0. The highest BCUT2D eigenvalue weighted by atomic mass is 16.2. The van der Waals surface area contributed by atoms with E-state index < -0.39 is 0 Å². The van der Waals surface area contributed by atoms with Crippen molar-refractivity contribution in [1.29, 1.82) is 0 Å². The number of likely N-dealkylation sites (tertiary alicyclic amines) is 1. The molecule has 132 valence electrons. The molecule has 5 nitrogen and oxygen atoms in total. The lowest BCUT2D eigenvalue weighted by Gasteiger charge is -2.23. The number of rotatable bonds is 6. The number of aromatic nitrogens is 2. The van der Waals surface area contributed by atoms with Gasteiger partial charge in [0.15, 0.2) is 0 Å². The number of amides is 1. The molecule has 2 fully saturated rings. The van der Waals surface area contributed by atoms with E-state index in [1.807, 2.05) is 34.8 Å².